The predicted octanol–water partition coefficient (Wildman–Crippen LogP) is 4.21. The Morgan fingerprint density at radius 3 is 2.71 bits per heavy atom. The first-order valence-corrected chi connectivity index (χ1v) is 11.5. The number of sulfonamides is 1. The summed E-state index contributed by atoms with van der Waals surface area (Å²) in [6.45, 7) is 0.580. The topological polar surface area (TPSA) is 75.7 Å². The summed E-state index contributed by atoms with van der Waals surface area (Å²) in [6.07, 6.45) is 2.52. The van der Waals surface area contributed by atoms with Crippen LogP contribution in [0.25, 0.3) is 0 Å². The largest absolute Gasteiger partial charge is 0.495 e. The highest BCUT2D eigenvalue weighted by atomic mass is 79.9. The van der Waals surface area contributed by atoms with Crippen LogP contribution in [-0.4, -0.2) is 28.0 Å². The highest BCUT2D eigenvalue weighted by molar-refractivity contribution is 9.10. The molecule has 9 heteroatoms. The zero-order valence-electron chi connectivity index (χ0n) is 15.0. The summed E-state index contributed by atoms with van der Waals surface area (Å²) in [7, 11) is -2.49. The molecule has 0 atom stereocenters. The van der Waals surface area contributed by atoms with E-state index in [4.69, 9.17) is 16.3 Å². The average Bonchev–Trinajstić information content (AvgIpc) is 3.41. The van der Waals surface area contributed by atoms with Crippen LogP contribution in [0.2, 0.25) is 5.02 Å². The van der Waals surface area contributed by atoms with Crippen molar-refractivity contribution in [3.63, 3.8) is 0 Å². The van der Waals surface area contributed by atoms with E-state index in [0.717, 1.165) is 18.4 Å². The Kier molecular flexibility index (Phi) is 5.05. The van der Waals surface area contributed by atoms with Crippen molar-refractivity contribution in [1.29, 1.82) is 0 Å². The van der Waals surface area contributed by atoms with E-state index in [1.165, 1.54) is 13.2 Å². The number of carbonyl (C=O) groups excluding carboxylic acids is 1. The maximum Gasteiger partial charge on any atom is 0.263 e. The molecule has 2 aliphatic rings. The van der Waals surface area contributed by atoms with Crippen LogP contribution in [-0.2, 0) is 21.2 Å². The van der Waals surface area contributed by atoms with Crippen LogP contribution in [0.4, 0.5) is 11.4 Å². The van der Waals surface area contributed by atoms with Crippen molar-refractivity contribution in [3.8, 4) is 5.75 Å². The molecule has 6 nitrogen and oxygen atoms in total. The second-order valence-corrected chi connectivity index (χ2v) is 9.82. The van der Waals surface area contributed by atoms with Gasteiger partial charge in [0.25, 0.3) is 10.0 Å². The van der Waals surface area contributed by atoms with E-state index in [1.807, 2.05) is 0 Å². The molecule has 28 heavy (non-hydrogen) atoms. The first-order chi connectivity index (χ1) is 13.3. The molecule has 148 valence electrons. The molecule has 1 fully saturated rings. The molecule has 2 aromatic carbocycles. The Hall–Kier alpha value is -1.77. The molecular weight excluding hydrogens is 468 g/mol. The van der Waals surface area contributed by atoms with E-state index in [0.29, 0.717) is 33.9 Å². The fraction of sp³-hybridized carbons (Fsp3) is 0.316. The Morgan fingerprint density at radius 1 is 1.29 bits per heavy atom. The summed E-state index contributed by atoms with van der Waals surface area (Å²) in [5.74, 6) is 0.508. The van der Waals surface area contributed by atoms with Gasteiger partial charge in [0.05, 0.1) is 12.8 Å². The van der Waals surface area contributed by atoms with Crippen LogP contribution in [0.5, 0.6) is 5.75 Å². The summed E-state index contributed by atoms with van der Waals surface area (Å²) in [5.41, 5.74) is 1.87. The Labute approximate surface area is 177 Å². The van der Waals surface area contributed by atoms with Gasteiger partial charge in [-0.2, -0.15) is 0 Å². The van der Waals surface area contributed by atoms with E-state index in [2.05, 4.69) is 20.7 Å². The third-order valence-electron chi connectivity index (χ3n) is 4.92. The van der Waals surface area contributed by atoms with Crippen molar-refractivity contribution in [1.82, 2.24) is 0 Å². The minimum absolute atomic E-state index is 0.0591. The second kappa shape index (κ2) is 7.24. The number of ether oxygens (including phenoxy) is 1. The molecule has 0 aromatic heterocycles. The zero-order chi connectivity index (χ0) is 20.1. The summed E-state index contributed by atoms with van der Waals surface area (Å²) in [6, 6.07) is 8.03. The number of benzene rings is 2. The van der Waals surface area contributed by atoms with Gasteiger partial charge in [-0.3, -0.25) is 9.52 Å². The van der Waals surface area contributed by atoms with Gasteiger partial charge in [0.15, 0.2) is 0 Å². The summed E-state index contributed by atoms with van der Waals surface area (Å²) < 4.78 is 34.4. The normalized spacial score (nSPS) is 16.0. The van der Waals surface area contributed by atoms with Crippen molar-refractivity contribution in [2.24, 2.45) is 5.92 Å². The van der Waals surface area contributed by atoms with Crippen LogP contribution < -0.4 is 14.4 Å². The van der Waals surface area contributed by atoms with Gasteiger partial charge in [0.2, 0.25) is 5.91 Å². The SMILES string of the molecule is COc1ccc(Cl)cc1NS(=O)(=O)c1cc2c(cc1Br)CCN2C(=O)C1CC1. The van der Waals surface area contributed by atoms with Gasteiger partial charge in [0.1, 0.15) is 10.6 Å². The van der Waals surface area contributed by atoms with Crippen LogP contribution in [0.3, 0.4) is 0 Å². The van der Waals surface area contributed by atoms with Crippen molar-refractivity contribution in [2.75, 3.05) is 23.3 Å². The van der Waals surface area contributed by atoms with E-state index in [1.54, 1.807) is 29.2 Å². The first-order valence-electron chi connectivity index (χ1n) is 8.80. The molecule has 1 saturated carbocycles. The van der Waals surface area contributed by atoms with Crippen LogP contribution in [0.15, 0.2) is 39.7 Å². The first kappa shape index (κ1) is 19.5. The van der Waals surface area contributed by atoms with Crippen molar-refractivity contribution in [3.05, 3.63) is 45.4 Å². The van der Waals surface area contributed by atoms with Crippen LogP contribution in [0, 0.1) is 5.92 Å². The number of hydrogen-bond acceptors (Lipinski definition) is 4. The summed E-state index contributed by atoms with van der Waals surface area (Å²) in [5, 5.41) is 0.382. The highest BCUT2D eigenvalue weighted by Gasteiger charge is 2.37. The minimum atomic E-state index is -3.94. The lowest BCUT2D eigenvalue weighted by molar-refractivity contribution is -0.119. The fourth-order valence-electron chi connectivity index (χ4n) is 3.33. The average molecular weight is 486 g/mol. The van der Waals surface area contributed by atoms with E-state index >= 15 is 0 Å². The van der Waals surface area contributed by atoms with Gasteiger partial charge in [-0.25, -0.2) is 8.42 Å². The fourth-order valence-corrected chi connectivity index (χ4v) is 5.68. The molecule has 4 rings (SSSR count). The molecule has 0 saturated heterocycles. The molecule has 1 N–H and O–H groups in total. The maximum absolute atomic E-state index is 13.1. The molecule has 0 bridgehead atoms. The molecule has 0 unspecified atom stereocenters. The van der Waals surface area contributed by atoms with Gasteiger partial charge in [-0.1, -0.05) is 11.6 Å². The highest BCUT2D eigenvalue weighted by Crippen LogP contribution is 2.40. The summed E-state index contributed by atoms with van der Waals surface area (Å²) in [4.78, 5) is 14.3. The third-order valence-corrected chi connectivity index (χ3v) is 7.48. The van der Waals surface area contributed by atoms with Crippen molar-refractivity contribution in [2.45, 2.75) is 24.2 Å². The lowest BCUT2D eigenvalue weighted by Gasteiger charge is -2.19. The van der Waals surface area contributed by atoms with E-state index in [9.17, 15) is 13.2 Å². The van der Waals surface area contributed by atoms with Gasteiger partial charge >= 0.3 is 0 Å². The number of nitrogens with one attached hydrogen (secondary N) is 1. The number of nitrogens with zero attached hydrogens (tertiary/aromatic N) is 1. The predicted molar refractivity (Wildman–Crippen MR) is 112 cm³/mol. The van der Waals surface area contributed by atoms with Gasteiger partial charge in [0, 0.05) is 27.6 Å². The molecule has 1 aliphatic heterocycles. The Morgan fingerprint density at radius 2 is 2.04 bits per heavy atom. The van der Waals surface area contributed by atoms with Gasteiger partial charge < -0.3 is 9.64 Å². The lowest BCUT2D eigenvalue weighted by Crippen LogP contribution is -2.30. The Balaban J connectivity index is 1.71. The number of rotatable bonds is 5. The quantitative estimate of drug-likeness (QED) is 0.688. The van der Waals surface area contributed by atoms with E-state index < -0.39 is 10.0 Å². The number of anilines is 2. The number of hydrogen-bond donors (Lipinski definition) is 1. The number of fused-ring (bicyclic) bond motifs is 1. The minimum Gasteiger partial charge on any atom is -0.495 e. The smallest absolute Gasteiger partial charge is 0.263 e. The second-order valence-electron chi connectivity index (χ2n) is 6.88. The standard InChI is InChI=1S/C19H18BrClN2O4S/c1-27-17-5-4-13(21)9-15(17)22-28(25,26)18-10-16-12(8-14(18)20)6-7-23(16)19(24)11-2-3-11/h4-5,8-11,22H,2-3,6-7H2,1H3. The maximum atomic E-state index is 13.1. The number of methoxy groups -OCH3 is 1. The molecule has 1 aliphatic carbocycles. The van der Waals surface area contributed by atoms with Crippen LogP contribution >= 0.6 is 27.5 Å². The van der Waals surface area contributed by atoms with Gasteiger partial charge in [-0.05, 0) is 71.1 Å². The monoisotopic (exact) mass is 484 g/mol. The Bertz CT molecular complexity index is 1070. The molecule has 1 amide bonds. The van der Waals surface area contributed by atoms with Crippen LogP contribution in [0.1, 0.15) is 18.4 Å². The van der Waals surface area contributed by atoms with Crippen molar-refractivity contribution >= 4 is 54.8 Å². The third kappa shape index (κ3) is 3.60. The zero-order valence-corrected chi connectivity index (χ0v) is 18.2. The molecular formula is C19H18BrClN2O4S. The lowest BCUT2D eigenvalue weighted by atomic mass is 10.2. The number of amides is 1. The molecule has 0 spiro atoms. The summed E-state index contributed by atoms with van der Waals surface area (Å²) >= 11 is 9.37. The van der Waals surface area contributed by atoms with Gasteiger partial charge in [-0.15, -0.1) is 0 Å². The molecule has 2 aromatic rings. The molecule has 1 heterocycles. The molecule has 0 radical (unpaired) electrons. The van der Waals surface area contributed by atoms with E-state index in [-0.39, 0.29) is 22.4 Å². The van der Waals surface area contributed by atoms with Crippen molar-refractivity contribution < 1.29 is 17.9 Å². The number of carbonyl (C=O) groups is 1. The number of halogens is 2.